The molecule has 0 radical (unpaired) electrons. The van der Waals surface area contributed by atoms with Crippen molar-refractivity contribution in [2.75, 3.05) is 13.1 Å². The van der Waals surface area contributed by atoms with E-state index in [0.717, 1.165) is 5.56 Å². The molecule has 1 fully saturated rings. The van der Waals surface area contributed by atoms with Gasteiger partial charge in [-0.1, -0.05) is 12.1 Å². The van der Waals surface area contributed by atoms with Gasteiger partial charge in [0.15, 0.2) is 0 Å². The van der Waals surface area contributed by atoms with Crippen LogP contribution in [0.4, 0.5) is 0 Å². The van der Waals surface area contributed by atoms with Crippen LogP contribution in [-0.4, -0.2) is 37.0 Å². The summed E-state index contributed by atoms with van der Waals surface area (Å²) in [6, 6.07) is 5.11. The maximum absolute atomic E-state index is 12.4. The SMILES string of the molecule is Cc1cc(CN)ccc1S(=O)(=O)N1CCC(O)C1. The van der Waals surface area contributed by atoms with Gasteiger partial charge in [-0.2, -0.15) is 4.31 Å². The van der Waals surface area contributed by atoms with E-state index in [9.17, 15) is 13.5 Å². The molecule has 0 bridgehead atoms. The standard InChI is InChI=1S/C12H18N2O3S/c1-9-6-10(7-13)2-3-12(9)18(16,17)14-5-4-11(15)8-14/h2-3,6,11,15H,4-5,7-8,13H2,1H3. The second-order valence-corrected chi connectivity index (χ2v) is 6.52. The summed E-state index contributed by atoms with van der Waals surface area (Å²) in [5.41, 5.74) is 7.13. The van der Waals surface area contributed by atoms with Crippen molar-refractivity contribution in [1.29, 1.82) is 0 Å². The molecule has 6 heteroatoms. The van der Waals surface area contributed by atoms with E-state index < -0.39 is 16.1 Å². The average Bonchev–Trinajstić information content (AvgIpc) is 2.76. The summed E-state index contributed by atoms with van der Waals surface area (Å²) in [6.07, 6.45) is -0.0532. The zero-order valence-corrected chi connectivity index (χ0v) is 11.2. The fraction of sp³-hybridized carbons (Fsp3) is 0.500. The first kappa shape index (κ1) is 13.5. The second-order valence-electron chi connectivity index (χ2n) is 4.61. The fourth-order valence-corrected chi connectivity index (χ4v) is 3.89. The minimum atomic E-state index is -3.49. The van der Waals surface area contributed by atoms with E-state index >= 15 is 0 Å². The van der Waals surface area contributed by atoms with Gasteiger partial charge >= 0.3 is 0 Å². The van der Waals surface area contributed by atoms with Gasteiger partial charge in [-0.3, -0.25) is 0 Å². The van der Waals surface area contributed by atoms with Crippen LogP contribution >= 0.6 is 0 Å². The molecule has 0 aliphatic carbocycles. The Morgan fingerprint density at radius 2 is 2.22 bits per heavy atom. The van der Waals surface area contributed by atoms with Gasteiger partial charge in [-0.25, -0.2) is 8.42 Å². The van der Waals surface area contributed by atoms with E-state index in [4.69, 9.17) is 5.73 Å². The topological polar surface area (TPSA) is 83.6 Å². The van der Waals surface area contributed by atoms with E-state index in [1.807, 2.05) is 0 Å². The summed E-state index contributed by atoms with van der Waals surface area (Å²) in [4.78, 5) is 0.300. The summed E-state index contributed by atoms with van der Waals surface area (Å²) < 4.78 is 26.1. The highest BCUT2D eigenvalue weighted by Crippen LogP contribution is 2.24. The third-order valence-corrected chi connectivity index (χ3v) is 5.24. The molecule has 2 rings (SSSR count). The lowest BCUT2D eigenvalue weighted by Gasteiger charge is -2.17. The lowest BCUT2D eigenvalue weighted by atomic mass is 10.1. The van der Waals surface area contributed by atoms with E-state index in [0.29, 0.717) is 30.0 Å². The maximum Gasteiger partial charge on any atom is 0.243 e. The number of aryl methyl sites for hydroxylation is 1. The number of rotatable bonds is 3. The van der Waals surface area contributed by atoms with Crippen LogP contribution in [0.2, 0.25) is 0 Å². The minimum absolute atomic E-state index is 0.181. The quantitative estimate of drug-likeness (QED) is 0.822. The van der Waals surface area contributed by atoms with Crippen molar-refractivity contribution in [2.45, 2.75) is 30.9 Å². The molecular formula is C12H18N2O3S. The van der Waals surface area contributed by atoms with Gasteiger partial charge in [0.25, 0.3) is 0 Å². The Morgan fingerprint density at radius 1 is 1.50 bits per heavy atom. The number of aliphatic hydroxyl groups is 1. The normalized spacial score (nSPS) is 21.4. The highest BCUT2D eigenvalue weighted by Gasteiger charge is 2.32. The Hall–Kier alpha value is -0.950. The zero-order chi connectivity index (χ0) is 13.3. The van der Waals surface area contributed by atoms with Crippen molar-refractivity contribution < 1.29 is 13.5 Å². The van der Waals surface area contributed by atoms with Crippen molar-refractivity contribution in [2.24, 2.45) is 5.73 Å². The molecule has 0 spiro atoms. The van der Waals surface area contributed by atoms with E-state index in [1.165, 1.54) is 4.31 Å². The molecule has 1 heterocycles. The summed E-state index contributed by atoms with van der Waals surface area (Å²) in [6.45, 7) is 2.71. The largest absolute Gasteiger partial charge is 0.392 e. The van der Waals surface area contributed by atoms with Gasteiger partial charge in [0.2, 0.25) is 10.0 Å². The fourth-order valence-electron chi connectivity index (χ4n) is 2.20. The lowest BCUT2D eigenvalue weighted by molar-refractivity contribution is 0.189. The van der Waals surface area contributed by atoms with Crippen molar-refractivity contribution in [3.05, 3.63) is 29.3 Å². The molecule has 18 heavy (non-hydrogen) atoms. The van der Waals surface area contributed by atoms with E-state index in [2.05, 4.69) is 0 Å². The molecular weight excluding hydrogens is 252 g/mol. The highest BCUT2D eigenvalue weighted by molar-refractivity contribution is 7.89. The monoisotopic (exact) mass is 270 g/mol. The molecule has 3 N–H and O–H groups in total. The van der Waals surface area contributed by atoms with Crippen LogP contribution in [0.3, 0.4) is 0 Å². The van der Waals surface area contributed by atoms with E-state index in [-0.39, 0.29) is 6.54 Å². The zero-order valence-electron chi connectivity index (χ0n) is 10.3. The van der Waals surface area contributed by atoms with Crippen LogP contribution in [0.25, 0.3) is 0 Å². The van der Waals surface area contributed by atoms with Crippen molar-refractivity contribution >= 4 is 10.0 Å². The van der Waals surface area contributed by atoms with Crippen LogP contribution in [0.1, 0.15) is 17.5 Å². The number of hydrogen-bond donors (Lipinski definition) is 2. The molecule has 1 aromatic carbocycles. The number of nitrogens with zero attached hydrogens (tertiary/aromatic N) is 1. The number of nitrogens with two attached hydrogens (primary N) is 1. The Kier molecular flexibility index (Phi) is 3.72. The van der Waals surface area contributed by atoms with Crippen LogP contribution in [0, 0.1) is 6.92 Å². The molecule has 1 aromatic rings. The number of sulfonamides is 1. The summed E-state index contributed by atoms with van der Waals surface area (Å²) in [5.74, 6) is 0. The molecule has 1 aliphatic rings. The Morgan fingerprint density at radius 3 is 2.72 bits per heavy atom. The third kappa shape index (κ3) is 2.42. The van der Waals surface area contributed by atoms with Crippen molar-refractivity contribution in [3.8, 4) is 0 Å². The lowest BCUT2D eigenvalue weighted by Crippen LogP contribution is -2.30. The molecule has 1 saturated heterocycles. The molecule has 0 saturated carbocycles. The van der Waals surface area contributed by atoms with Gasteiger partial charge in [-0.05, 0) is 30.5 Å². The Balaban J connectivity index is 2.36. The maximum atomic E-state index is 12.4. The molecule has 1 unspecified atom stereocenters. The van der Waals surface area contributed by atoms with Gasteiger partial charge in [0, 0.05) is 19.6 Å². The average molecular weight is 270 g/mol. The Labute approximate surface area is 107 Å². The molecule has 100 valence electrons. The van der Waals surface area contributed by atoms with Crippen LogP contribution in [0.5, 0.6) is 0 Å². The van der Waals surface area contributed by atoms with Crippen molar-refractivity contribution in [3.63, 3.8) is 0 Å². The van der Waals surface area contributed by atoms with Gasteiger partial charge in [-0.15, -0.1) is 0 Å². The molecule has 5 nitrogen and oxygen atoms in total. The first-order chi connectivity index (χ1) is 8.45. The van der Waals surface area contributed by atoms with Crippen LogP contribution in [0.15, 0.2) is 23.1 Å². The van der Waals surface area contributed by atoms with Crippen molar-refractivity contribution in [1.82, 2.24) is 4.31 Å². The molecule has 0 amide bonds. The molecule has 1 aliphatic heterocycles. The van der Waals surface area contributed by atoms with Gasteiger partial charge in [0.05, 0.1) is 11.0 Å². The number of β-amino-alcohol motifs (C(OH)–C–C–N with tert-alkyl or cyclic N) is 1. The first-order valence-electron chi connectivity index (χ1n) is 5.93. The summed E-state index contributed by atoms with van der Waals surface area (Å²) in [7, 11) is -3.49. The smallest absolute Gasteiger partial charge is 0.243 e. The van der Waals surface area contributed by atoms with Crippen LogP contribution in [-0.2, 0) is 16.6 Å². The summed E-state index contributed by atoms with van der Waals surface area (Å²) in [5, 5.41) is 9.44. The molecule has 1 atom stereocenters. The third-order valence-electron chi connectivity index (χ3n) is 3.22. The summed E-state index contributed by atoms with van der Waals surface area (Å²) >= 11 is 0. The number of hydrogen-bond acceptors (Lipinski definition) is 4. The number of benzene rings is 1. The second kappa shape index (κ2) is 4.97. The van der Waals surface area contributed by atoms with E-state index in [1.54, 1.807) is 25.1 Å². The first-order valence-corrected chi connectivity index (χ1v) is 7.37. The van der Waals surface area contributed by atoms with Gasteiger partial charge in [0.1, 0.15) is 0 Å². The van der Waals surface area contributed by atoms with Gasteiger partial charge < -0.3 is 10.8 Å². The Bertz CT molecular complexity index is 542. The minimum Gasteiger partial charge on any atom is -0.392 e. The van der Waals surface area contributed by atoms with Crippen LogP contribution < -0.4 is 5.73 Å². The highest BCUT2D eigenvalue weighted by atomic mass is 32.2. The predicted molar refractivity (Wildman–Crippen MR) is 68.5 cm³/mol. The molecule has 0 aromatic heterocycles. The predicted octanol–water partition coefficient (Wildman–Crippen LogP) is 0.209. The number of aliphatic hydroxyl groups excluding tert-OH is 1.